The summed E-state index contributed by atoms with van der Waals surface area (Å²) in [5, 5.41) is 8.92. The molecule has 1 aliphatic heterocycles. The molecule has 110 valence electrons. The molecule has 2 rings (SSSR count). The number of rotatable bonds is 6. The fourth-order valence-electron chi connectivity index (χ4n) is 2.57. The van der Waals surface area contributed by atoms with Gasteiger partial charge in [-0.3, -0.25) is 9.59 Å². The van der Waals surface area contributed by atoms with Crippen molar-refractivity contribution in [3.8, 4) is 0 Å². The van der Waals surface area contributed by atoms with E-state index in [4.69, 9.17) is 14.3 Å². The number of furan rings is 1. The van der Waals surface area contributed by atoms with Crippen molar-refractivity contribution in [1.29, 1.82) is 0 Å². The number of aliphatic carboxylic acids is 1. The van der Waals surface area contributed by atoms with Crippen molar-refractivity contribution in [2.24, 2.45) is 0 Å². The Kier molecular flexibility index (Phi) is 4.79. The van der Waals surface area contributed by atoms with Gasteiger partial charge in [-0.1, -0.05) is 0 Å². The first-order valence-electron chi connectivity index (χ1n) is 6.65. The smallest absolute Gasteiger partial charge is 0.305 e. The van der Waals surface area contributed by atoms with Gasteiger partial charge >= 0.3 is 5.97 Å². The Bertz CT molecular complexity index is 456. The summed E-state index contributed by atoms with van der Waals surface area (Å²) >= 11 is 0. The van der Waals surface area contributed by atoms with E-state index in [1.807, 2.05) is 6.07 Å². The third-order valence-corrected chi connectivity index (χ3v) is 3.65. The zero-order valence-corrected chi connectivity index (χ0v) is 11.4. The summed E-state index contributed by atoms with van der Waals surface area (Å²) in [5.41, 5.74) is 0.968. The molecule has 0 aromatic carbocycles. The second kappa shape index (κ2) is 6.56. The molecule has 0 radical (unpaired) electrons. The van der Waals surface area contributed by atoms with Gasteiger partial charge in [0.15, 0.2) is 0 Å². The molecule has 2 heterocycles. The molecule has 1 saturated heterocycles. The van der Waals surface area contributed by atoms with Crippen molar-refractivity contribution in [2.45, 2.75) is 37.8 Å². The molecule has 1 amide bonds. The first-order valence-corrected chi connectivity index (χ1v) is 6.65. The summed E-state index contributed by atoms with van der Waals surface area (Å²) in [6, 6.07) is 1.55. The lowest BCUT2D eigenvalue weighted by molar-refractivity contribution is -0.139. The summed E-state index contributed by atoms with van der Waals surface area (Å²) in [7, 11) is 1.59. The molecule has 20 heavy (non-hydrogen) atoms. The van der Waals surface area contributed by atoms with Gasteiger partial charge in [-0.05, 0) is 24.5 Å². The van der Waals surface area contributed by atoms with Crippen LogP contribution in [0.2, 0.25) is 0 Å². The van der Waals surface area contributed by atoms with E-state index < -0.39 is 5.97 Å². The number of ether oxygens (including phenoxy) is 1. The first-order chi connectivity index (χ1) is 9.60. The van der Waals surface area contributed by atoms with Crippen LogP contribution in [0.25, 0.3) is 0 Å². The predicted molar refractivity (Wildman–Crippen MR) is 70.2 cm³/mol. The number of nitrogens with zero attached hydrogens (tertiary/aromatic N) is 1. The van der Waals surface area contributed by atoms with Crippen molar-refractivity contribution in [2.75, 3.05) is 13.7 Å². The van der Waals surface area contributed by atoms with Crippen LogP contribution in [-0.2, 0) is 20.7 Å². The minimum Gasteiger partial charge on any atom is -0.481 e. The van der Waals surface area contributed by atoms with Crippen LogP contribution in [-0.4, -0.2) is 47.7 Å². The predicted octanol–water partition coefficient (Wildman–Crippen LogP) is 1.30. The second-order valence-corrected chi connectivity index (χ2v) is 5.02. The lowest BCUT2D eigenvalue weighted by Crippen LogP contribution is -2.37. The van der Waals surface area contributed by atoms with Gasteiger partial charge in [-0.25, -0.2) is 0 Å². The van der Waals surface area contributed by atoms with Crippen molar-refractivity contribution < 1.29 is 23.8 Å². The van der Waals surface area contributed by atoms with E-state index in [9.17, 15) is 9.59 Å². The minimum absolute atomic E-state index is 0.0304. The van der Waals surface area contributed by atoms with Gasteiger partial charge in [0.25, 0.3) is 0 Å². The van der Waals surface area contributed by atoms with Gasteiger partial charge in [0.1, 0.15) is 0 Å². The average Bonchev–Trinajstić information content (AvgIpc) is 3.04. The van der Waals surface area contributed by atoms with Gasteiger partial charge < -0.3 is 19.2 Å². The van der Waals surface area contributed by atoms with Gasteiger partial charge in [0.05, 0.1) is 25.1 Å². The van der Waals surface area contributed by atoms with E-state index in [0.717, 1.165) is 5.56 Å². The van der Waals surface area contributed by atoms with E-state index in [-0.39, 0.29) is 24.5 Å². The lowest BCUT2D eigenvalue weighted by atomic mass is 10.1. The second-order valence-electron chi connectivity index (χ2n) is 5.02. The molecular weight excluding hydrogens is 262 g/mol. The summed E-state index contributed by atoms with van der Waals surface area (Å²) in [6.07, 6.45) is 4.62. The number of amides is 1. The highest BCUT2D eigenvalue weighted by Crippen LogP contribution is 2.23. The first kappa shape index (κ1) is 14.6. The molecule has 0 aliphatic carbocycles. The average molecular weight is 281 g/mol. The zero-order valence-electron chi connectivity index (χ0n) is 11.4. The van der Waals surface area contributed by atoms with E-state index in [1.54, 1.807) is 24.5 Å². The molecule has 6 nitrogen and oxygen atoms in total. The van der Waals surface area contributed by atoms with Crippen LogP contribution in [0, 0.1) is 0 Å². The Morgan fingerprint density at radius 2 is 2.35 bits per heavy atom. The molecule has 0 saturated carbocycles. The topological polar surface area (TPSA) is 80.0 Å². The molecule has 2 atom stereocenters. The standard InChI is InChI=1S/C14H19NO5/c1-19-12-6-11(7-14(17)18)15(8-12)13(16)3-2-10-4-5-20-9-10/h4-5,9,11-12H,2-3,6-8H2,1H3,(H,17,18). The highest BCUT2D eigenvalue weighted by molar-refractivity contribution is 5.78. The lowest BCUT2D eigenvalue weighted by Gasteiger charge is -2.23. The molecule has 1 aromatic rings. The molecular formula is C14H19NO5. The van der Waals surface area contributed by atoms with Gasteiger partial charge in [0, 0.05) is 26.1 Å². The Morgan fingerprint density at radius 3 is 2.95 bits per heavy atom. The van der Waals surface area contributed by atoms with Crippen LogP contribution in [0.5, 0.6) is 0 Å². The Morgan fingerprint density at radius 1 is 1.55 bits per heavy atom. The minimum atomic E-state index is -0.889. The summed E-state index contributed by atoms with van der Waals surface area (Å²) < 4.78 is 10.2. The third-order valence-electron chi connectivity index (χ3n) is 3.65. The molecule has 0 spiro atoms. The number of aryl methyl sites for hydroxylation is 1. The van der Waals surface area contributed by atoms with E-state index in [1.165, 1.54) is 0 Å². The van der Waals surface area contributed by atoms with E-state index >= 15 is 0 Å². The SMILES string of the molecule is COC1CC(CC(=O)O)N(C(=O)CCc2ccoc2)C1. The molecule has 0 bridgehead atoms. The van der Waals surface area contributed by atoms with Gasteiger partial charge in [-0.15, -0.1) is 0 Å². The monoisotopic (exact) mass is 281 g/mol. The maximum Gasteiger partial charge on any atom is 0.305 e. The summed E-state index contributed by atoms with van der Waals surface area (Å²) in [5.74, 6) is -0.920. The summed E-state index contributed by atoms with van der Waals surface area (Å²) in [6.45, 7) is 0.471. The van der Waals surface area contributed by atoms with E-state index in [2.05, 4.69) is 0 Å². The highest BCUT2D eigenvalue weighted by Gasteiger charge is 2.36. The third kappa shape index (κ3) is 3.60. The van der Waals surface area contributed by atoms with Crippen LogP contribution >= 0.6 is 0 Å². The molecule has 6 heteroatoms. The van der Waals surface area contributed by atoms with Gasteiger partial charge in [0.2, 0.25) is 5.91 Å². The molecule has 1 aromatic heterocycles. The quantitative estimate of drug-likeness (QED) is 0.850. The van der Waals surface area contributed by atoms with Crippen molar-refractivity contribution in [3.05, 3.63) is 24.2 Å². The van der Waals surface area contributed by atoms with Crippen molar-refractivity contribution in [1.82, 2.24) is 4.90 Å². The number of likely N-dealkylation sites (tertiary alicyclic amines) is 1. The van der Waals surface area contributed by atoms with Crippen LogP contribution in [0.4, 0.5) is 0 Å². The number of hydrogen-bond donors (Lipinski definition) is 1. The summed E-state index contributed by atoms with van der Waals surface area (Å²) in [4.78, 5) is 24.8. The van der Waals surface area contributed by atoms with Crippen LogP contribution in [0.15, 0.2) is 23.0 Å². The van der Waals surface area contributed by atoms with E-state index in [0.29, 0.717) is 25.8 Å². The number of carbonyl (C=O) groups is 2. The fraction of sp³-hybridized carbons (Fsp3) is 0.571. The normalized spacial score (nSPS) is 22.1. The Balaban J connectivity index is 1.93. The van der Waals surface area contributed by atoms with Crippen LogP contribution in [0.1, 0.15) is 24.8 Å². The Labute approximate surface area is 117 Å². The largest absolute Gasteiger partial charge is 0.481 e. The fourth-order valence-corrected chi connectivity index (χ4v) is 2.57. The molecule has 1 fully saturated rings. The number of carbonyl (C=O) groups excluding carboxylic acids is 1. The number of methoxy groups -OCH3 is 1. The maximum atomic E-state index is 12.2. The van der Waals surface area contributed by atoms with Crippen molar-refractivity contribution >= 4 is 11.9 Å². The molecule has 2 unspecified atom stereocenters. The molecule has 1 N–H and O–H groups in total. The number of carboxylic acids is 1. The number of hydrogen-bond acceptors (Lipinski definition) is 4. The molecule has 1 aliphatic rings. The maximum absolute atomic E-state index is 12.2. The zero-order chi connectivity index (χ0) is 14.5. The highest BCUT2D eigenvalue weighted by atomic mass is 16.5. The van der Waals surface area contributed by atoms with Gasteiger partial charge in [-0.2, -0.15) is 0 Å². The van der Waals surface area contributed by atoms with Crippen LogP contribution in [0.3, 0.4) is 0 Å². The number of carboxylic acid groups (broad SMARTS) is 1. The van der Waals surface area contributed by atoms with Crippen LogP contribution < -0.4 is 0 Å². The Hall–Kier alpha value is -1.82. The van der Waals surface area contributed by atoms with Crippen molar-refractivity contribution in [3.63, 3.8) is 0 Å².